The van der Waals surface area contributed by atoms with Crippen molar-refractivity contribution >= 4 is 79.0 Å². The second kappa shape index (κ2) is 13.8. The van der Waals surface area contributed by atoms with Crippen LogP contribution in [0.2, 0.25) is 0 Å². The zero-order valence-electron chi connectivity index (χ0n) is 59.1. The number of hydrogen-bond donors (Lipinski definition) is 0. The number of hydrogen-bond acceptors (Lipinski definition) is 2. The maximum atomic E-state index is 10.4. The molecule has 0 amide bonds. The van der Waals surface area contributed by atoms with Crippen molar-refractivity contribution in [2.24, 2.45) is 0 Å². The molecule has 2 aliphatic heterocycles. The van der Waals surface area contributed by atoms with Crippen LogP contribution in [0.4, 0.5) is 34.1 Å². The van der Waals surface area contributed by atoms with Gasteiger partial charge in [0.2, 0.25) is 0 Å². The zero-order chi connectivity index (χ0) is 62.8. The molecular formula is C58H60BN3. The van der Waals surface area contributed by atoms with Gasteiger partial charge in [-0.3, -0.25) is 0 Å². The lowest BCUT2D eigenvalue weighted by Crippen LogP contribution is -2.61. The number of benzene rings is 7. The minimum absolute atomic E-state index is 0.00665. The fraction of sp³-hybridized carbons (Fsp3) is 0.276. The van der Waals surface area contributed by atoms with E-state index in [0.717, 1.165) is 4.57 Å². The van der Waals surface area contributed by atoms with Crippen LogP contribution in [0.15, 0.2) is 145 Å². The first kappa shape index (κ1) is 22.4. The average Bonchev–Trinajstić information content (AvgIpc) is 0.928. The number of para-hydroxylation sites is 2. The van der Waals surface area contributed by atoms with Crippen LogP contribution in [0.1, 0.15) is 135 Å². The van der Waals surface area contributed by atoms with Gasteiger partial charge in [0.25, 0.3) is 6.71 Å². The van der Waals surface area contributed by atoms with E-state index < -0.39 is 161 Å². The Balaban J connectivity index is 1.60. The largest absolute Gasteiger partial charge is 0.311 e. The van der Waals surface area contributed by atoms with Gasteiger partial charge in [0.15, 0.2) is 0 Å². The molecule has 7 aromatic carbocycles. The highest BCUT2D eigenvalue weighted by atomic mass is 15.2. The maximum Gasteiger partial charge on any atom is 0.252 e. The van der Waals surface area contributed by atoms with Crippen LogP contribution >= 0.6 is 0 Å². The predicted octanol–water partition coefficient (Wildman–Crippen LogP) is 14.1. The van der Waals surface area contributed by atoms with Gasteiger partial charge < -0.3 is 14.4 Å². The number of anilines is 6. The molecule has 0 radical (unpaired) electrons. The van der Waals surface area contributed by atoms with Crippen LogP contribution in [0, 0.1) is 0 Å². The van der Waals surface area contributed by atoms with E-state index >= 15 is 0 Å². The van der Waals surface area contributed by atoms with E-state index in [1.165, 1.54) is 21.9 Å². The summed E-state index contributed by atoms with van der Waals surface area (Å²) in [6, 6.07) is -10.3. The maximum absolute atomic E-state index is 10.4. The Morgan fingerprint density at radius 3 is 1.11 bits per heavy atom. The summed E-state index contributed by atoms with van der Waals surface area (Å²) in [4.78, 5) is 2.39. The third-order valence-corrected chi connectivity index (χ3v) is 11.5. The van der Waals surface area contributed by atoms with Gasteiger partial charge in [-0.15, -0.1) is 0 Å². The average molecular weight is 832 g/mol. The molecular weight excluding hydrogens is 749 g/mol. The molecule has 0 saturated carbocycles. The van der Waals surface area contributed by atoms with E-state index in [1.54, 1.807) is 83.1 Å². The topological polar surface area (TPSA) is 11.4 Å². The first-order chi connectivity index (χ1) is 38.5. The highest BCUT2D eigenvalue weighted by Gasteiger charge is 2.45. The Morgan fingerprint density at radius 1 is 0.387 bits per heavy atom. The van der Waals surface area contributed by atoms with Crippen LogP contribution in [-0.4, -0.2) is 11.3 Å². The smallest absolute Gasteiger partial charge is 0.252 e. The van der Waals surface area contributed by atoms with Crippen LogP contribution < -0.4 is 26.2 Å². The molecule has 0 N–H and O–H groups in total. The van der Waals surface area contributed by atoms with E-state index in [0.29, 0.717) is 0 Å². The number of aromatic nitrogens is 1. The molecule has 4 heteroatoms. The van der Waals surface area contributed by atoms with E-state index in [9.17, 15) is 24.7 Å². The molecule has 0 bridgehead atoms. The Kier molecular flexibility index (Phi) is 4.97. The van der Waals surface area contributed by atoms with Crippen molar-refractivity contribution in [3.8, 4) is 5.69 Å². The van der Waals surface area contributed by atoms with Gasteiger partial charge in [-0.05, 0) is 121 Å². The van der Waals surface area contributed by atoms with Crippen molar-refractivity contribution in [3.05, 3.63) is 167 Å². The standard InChI is InChI=1S/C58H60BN3/c1-55(2,3)37-21-27-41(28-22-37)60-50-31-25-39(57(7,8)9)33-46(50)59-47-34-40(58(10,11)12)26-32-51(47)61(42-29-23-38(24-30-42)56(4,5)6)53-36-43(35-52(60)54(53)59)62-48-19-15-13-17-44(48)45-18-14-16-20-49(45)62/h13-36H,1-12H3/i13D,14D,15D,16D,17D,18D,19D,20D,21D,22D,23D,24D,25D,26D,27D,28D,29D,30D,31D,32D,33D,34D. The minimum atomic E-state index is -1.53. The first-order valence-electron chi connectivity index (χ1n) is 31.8. The zero-order valence-corrected chi connectivity index (χ0v) is 37.1. The summed E-state index contributed by atoms with van der Waals surface area (Å²) in [5, 5.41) is -0.652. The van der Waals surface area contributed by atoms with Crippen LogP contribution in [0.3, 0.4) is 0 Å². The van der Waals surface area contributed by atoms with Crippen LogP contribution in [-0.2, 0) is 21.7 Å². The van der Waals surface area contributed by atoms with E-state index in [2.05, 4.69) is 0 Å². The lowest BCUT2D eigenvalue weighted by atomic mass is 9.33. The summed E-state index contributed by atoms with van der Waals surface area (Å²) in [7, 11) is 0. The molecule has 0 unspecified atom stereocenters. The third kappa shape index (κ3) is 6.40. The Bertz CT molecular complexity index is 4020. The predicted molar refractivity (Wildman–Crippen MR) is 270 cm³/mol. The summed E-state index contributed by atoms with van der Waals surface area (Å²) >= 11 is 0. The molecule has 310 valence electrons. The molecule has 8 aromatic rings. The summed E-state index contributed by atoms with van der Waals surface area (Å²) in [6.07, 6.45) is 0. The quantitative estimate of drug-likeness (QED) is 0.164. The van der Waals surface area contributed by atoms with Gasteiger partial charge in [-0.25, -0.2) is 0 Å². The number of nitrogens with zero attached hydrogens (tertiary/aromatic N) is 3. The summed E-state index contributed by atoms with van der Waals surface area (Å²) in [6.45, 7) is 19.1. The van der Waals surface area contributed by atoms with Gasteiger partial charge in [-0.2, -0.15) is 0 Å². The van der Waals surface area contributed by atoms with Gasteiger partial charge in [0.1, 0.15) is 0 Å². The monoisotopic (exact) mass is 832 g/mol. The van der Waals surface area contributed by atoms with Gasteiger partial charge in [0.05, 0.1) is 46.9 Å². The molecule has 1 aromatic heterocycles. The molecule has 0 spiro atoms. The Morgan fingerprint density at radius 2 is 0.742 bits per heavy atom. The fourth-order valence-electron chi connectivity index (χ4n) is 8.16. The lowest BCUT2D eigenvalue weighted by Gasteiger charge is -2.45. The molecule has 0 atom stereocenters. The molecule has 0 aliphatic carbocycles. The van der Waals surface area contributed by atoms with E-state index in [-0.39, 0.29) is 101 Å². The first-order valence-corrected chi connectivity index (χ1v) is 20.8. The third-order valence-electron chi connectivity index (χ3n) is 11.5. The van der Waals surface area contributed by atoms with Crippen molar-refractivity contribution in [2.75, 3.05) is 9.80 Å². The SMILES string of the molecule is [2H]c1c([2H])c(C(C)(C)C)c([2H])c([2H])c1N1c2cc(-n3c4c([2H])c([2H])c([2H])c([2H])c4c4c([2H])c([2H])c([2H])c([2H])c43)cc3c2B(c2c([2H])c(C(C)(C)C)c([2H])c([2H])c21)c1c([2H])c(C(C)(C)C)c([2H])c([2H])c1N3c1c([2H])c([2H])c(C(C)(C)C)c([2H])c1[2H]. The Hall–Kier alpha value is -6.00. The molecule has 0 fully saturated rings. The van der Waals surface area contributed by atoms with Crippen molar-refractivity contribution in [3.63, 3.8) is 0 Å². The number of rotatable bonds is 3. The molecule has 0 saturated heterocycles. The van der Waals surface area contributed by atoms with Crippen LogP contribution in [0.25, 0.3) is 27.5 Å². The van der Waals surface area contributed by atoms with Crippen molar-refractivity contribution < 1.29 is 30.2 Å². The highest BCUT2D eigenvalue weighted by Crippen LogP contribution is 2.47. The van der Waals surface area contributed by atoms with Gasteiger partial charge in [0, 0.05) is 44.9 Å². The highest BCUT2D eigenvalue weighted by molar-refractivity contribution is 7.00. The minimum Gasteiger partial charge on any atom is -0.311 e. The fourth-order valence-corrected chi connectivity index (χ4v) is 8.16. The van der Waals surface area contributed by atoms with Gasteiger partial charge >= 0.3 is 0 Å². The van der Waals surface area contributed by atoms with Crippen molar-refractivity contribution in [1.29, 1.82) is 0 Å². The van der Waals surface area contributed by atoms with Gasteiger partial charge in [-0.1, -0.05) is 168 Å². The summed E-state index contributed by atoms with van der Waals surface area (Å²) in [5.74, 6) is 0. The molecule has 10 rings (SSSR count). The van der Waals surface area contributed by atoms with Crippen molar-refractivity contribution in [2.45, 2.75) is 105 Å². The molecule has 2 aliphatic rings. The molecule has 62 heavy (non-hydrogen) atoms. The normalized spacial score (nSPS) is 19.0. The Labute approximate surface area is 401 Å². The summed E-state index contributed by atoms with van der Waals surface area (Å²) in [5.41, 5.74) is -7.22. The molecule has 3 heterocycles. The van der Waals surface area contributed by atoms with E-state index in [1.807, 2.05) is 0 Å². The number of fused-ring (bicyclic) bond motifs is 7. The lowest BCUT2D eigenvalue weighted by molar-refractivity contribution is 0.590. The second-order valence-corrected chi connectivity index (χ2v) is 20.3. The van der Waals surface area contributed by atoms with Crippen molar-refractivity contribution in [1.82, 2.24) is 4.57 Å². The van der Waals surface area contributed by atoms with Crippen LogP contribution in [0.5, 0.6) is 0 Å². The summed E-state index contributed by atoms with van der Waals surface area (Å²) < 4.78 is 214. The molecule has 3 nitrogen and oxygen atoms in total. The second-order valence-electron chi connectivity index (χ2n) is 20.3. The van der Waals surface area contributed by atoms with E-state index in [4.69, 9.17) is 5.48 Å².